The molecule has 0 aliphatic carbocycles. The molecule has 0 aliphatic heterocycles. The van der Waals surface area contributed by atoms with Crippen LogP contribution >= 0.6 is 0 Å². The molecule has 116 valence electrons. The maximum Gasteiger partial charge on any atom is 0.0112 e. The first-order valence-corrected chi connectivity index (χ1v) is 8.16. The van der Waals surface area contributed by atoms with E-state index in [1.165, 1.54) is 38.8 Å². The maximum atomic E-state index is 3.51. The minimum atomic E-state index is 0.384. The van der Waals surface area contributed by atoms with Crippen LogP contribution in [0.25, 0.3) is 0 Å². The van der Waals surface area contributed by atoms with Crippen molar-refractivity contribution in [1.82, 2.24) is 10.2 Å². The molecule has 1 unspecified atom stereocenters. The highest BCUT2D eigenvalue weighted by molar-refractivity contribution is 4.77. The predicted molar refractivity (Wildman–Crippen MR) is 87.7 cm³/mol. The molecule has 0 saturated carbocycles. The second kappa shape index (κ2) is 9.77. The zero-order valence-corrected chi connectivity index (χ0v) is 14.6. The van der Waals surface area contributed by atoms with Gasteiger partial charge in [0.1, 0.15) is 0 Å². The van der Waals surface area contributed by atoms with E-state index in [0.717, 1.165) is 12.5 Å². The average Bonchev–Trinajstić information content (AvgIpc) is 2.29. The van der Waals surface area contributed by atoms with Crippen LogP contribution in [0.4, 0.5) is 0 Å². The summed E-state index contributed by atoms with van der Waals surface area (Å²) in [6.45, 7) is 17.4. The molecular formula is C17H38N2. The Labute approximate surface area is 122 Å². The van der Waals surface area contributed by atoms with E-state index in [4.69, 9.17) is 0 Å². The average molecular weight is 271 g/mol. The topological polar surface area (TPSA) is 15.3 Å². The lowest BCUT2D eigenvalue weighted by Gasteiger charge is -2.35. The summed E-state index contributed by atoms with van der Waals surface area (Å²) < 4.78 is 0. The molecule has 0 fully saturated rings. The van der Waals surface area contributed by atoms with E-state index >= 15 is 0 Å². The Morgan fingerprint density at radius 3 is 2.05 bits per heavy atom. The fraction of sp³-hybridized carbons (Fsp3) is 1.00. The van der Waals surface area contributed by atoms with Crippen LogP contribution in [-0.2, 0) is 0 Å². The third kappa shape index (κ3) is 10.4. The van der Waals surface area contributed by atoms with Gasteiger partial charge in [0.25, 0.3) is 0 Å². The molecule has 0 saturated heterocycles. The van der Waals surface area contributed by atoms with Gasteiger partial charge in [-0.2, -0.15) is 0 Å². The molecule has 19 heavy (non-hydrogen) atoms. The zero-order chi connectivity index (χ0) is 14.9. The summed E-state index contributed by atoms with van der Waals surface area (Å²) in [4.78, 5) is 2.51. The van der Waals surface area contributed by atoms with Crippen molar-refractivity contribution in [2.45, 2.75) is 73.3 Å². The van der Waals surface area contributed by atoms with E-state index in [0.29, 0.717) is 11.5 Å². The molecule has 0 rings (SSSR count). The molecule has 0 aromatic carbocycles. The van der Waals surface area contributed by atoms with Crippen LogP contribution in [0, 0.1) is 11.3 Å². The van der Waals surface area contributed by atoms with Crippen LogP contribution in [-0.4, -0.2) is 37.6 Å². The van der Waals surface area contributed by atoms with Crippen molar-refractivity contribution in [2.24, 2.45) is 11.3 Å². The standard InChI is InChI=1S/C17H38N2/c1-15(2)14-18-12-10-8-9-11-13-19(7)16(3)17(4,5)6/h15-16,18H,8-14H2,1-7H3. The van der Waals surface area contributed by atoms with Crippen molar-refractivity contribution in [3.63, 3.8) is 0 Å². The second-order valence-corrected chi connectivity index (χ2v) is 7.53. The molecule has 0 amide bonds. The Morgan fingerprint density at radius 2 is 1.53 bits per heavy atom. The number of hydrogen-bond acceptors (Lipinski definition) is 2. The molecular weight excluding hydrogens is 232 g/mol. The first-order valence-electron chi connectivity index (χ1n) is 8.16. The number of hydrogen-bond donors (Lipinski definition) is 1. The van der Waals surface area contributed by atoms with Crippen molar-refractivity contribution in [3.05, 3.63) is 0 Å². The Balaban J connectivity index is 3.44. The van der Waals surface area contributed by atoms with E-state index in [1.807, 2.05) is 0 Å². The van der Waals surface area contributed by atoms with E-state index in [2.05, 4.69) is 58.8 Å². The molecule has 0 spiro atoms. The molecule has 0 radical (unpaired) electrons. The van der Waals surface area contributed by atoms with Crippen LogP contribution in [0.5, 0.6) is 0 Å². The Bertz CT molecular complexity index is 206. The number of unbranched alkanes of at least 4 members (excludes halogenated alkanes) is 3. The van der Waals surface area contributed by atoms with Crippen molar-refractivity contribution in [3.8, 4) is 0 Å². The quantitative estimate of drug-likeness (QED) is 0.600. The van der Waals surface area contributed by atoms with Gasteiger partial charge in [0, 0.05) is 6.04 Å². The molecule has 0 aromatic rings. The summed E-state index contributed by atoms with van der Waals surface area (Å²) in [5.74, 6) is 0.771. The monoisotopic (exact) mass is 270 g/mol. The van der Waals surface area contributed by atoms with Crippen LogP contribution in [0.2, 0.25) is 0 Å². The largest absolute Gasteiger partial charge is 0.316 e. The lowest BCUT2D eigenvalue weighted by atomic mass is 9.87. The number of rotatable bonds is 10. The highest BCUT2D eigenvalue weighted by atomic mass is 15.1. The minimum Gasteiger partial charge on any atom is -0.316 e. The van der Waals surface area contributed by atoms with Crippen molar-refractivity contribution >= 4 is 0 Å². The summed E-state index contributed by atoms with van der Waals surface area (Å²) in [5, 5.41) is 3.51. The Morgan fingerprint density at radius 1 is 0.947 bits per heavy atom. The fourth-order valence-electron chi connectivity index (χ4n) is 2.21. The van der Waals surface area contributed by atoms with Gasteiger partial charge in [-0.15, -0.1) is 0 Å². The summed E-state index contributed by atoms with van der Waals surface area (Å²) in [5.41, 5.74) is 0.384. The van der Waals surface area contributed by atoms with Crippen molar-refractivity contribution in [1.29, 1.82) is 0 Å². The minimum absolute atomic E-state index is 0.384. The normalized spacial score (nSPS) is 14.4. The van der Waals surface area contributed by atoms with E-state index in [-0.39, 0.29) is 0 Å². The second-order valence-electron chi connectivity index (χ2n) is 7.53. The lowest BCUT2D eigenvalue weighted by molar-refractivity contribution is 0.139. The highest BCUT2D eigenvalue weighted by Gasteiger charge is 2.23. The summed E-state index contributed by atoms with van der Waals surface area (Å²) >= 11 is 0. The molecule has 0 heterocycles. The van der Waals surface area contributed by atoms with Crippen LogP contribution in [0.15, 0.2) is 0 Å². The summed E-state index contributed by atoms with van der Waals surface area (Å²) in [6, 6.07) is 0.653. The van der Waals surface area contributed by atoms with E-state index in [1.54, 1.807) is 0 Å². The highest BCUT2D eigenvalue weighted by Crippen LogP contribution is 2.23. The number of nitrogens with zero attached hydrogens (tertiary/aromatic N) is 1. The predicted octanol–water partition coefficient (Wildman–Crippen LogP) is 4.16. The van der Waals surface area contributed by atoms with Gasteiger partial charge in [0.05, 0.1) is 0 Å². The molecule has 1 atom stereocenters. The summed E-state index contributed by atoms with van der Waals surface area (Å²) in [6.07, 6.45) is 5.39. The first-order chi connectivity index (χ1) is 8.75. The molecule has 2 heteroatoms. The smallest absolute Gasteiger partial charge is 0.0112 e. The van der Waals surface area contributed by atoms with Crippen molar-refractivity contribution < 1.29 is 0 Å². The molecule has 1 N–H and O–H groups in total. The fourth-order valence-corrected chi connectivity index (χ4v) is 2.21. The molecule has 0 bridgehead atoms. The lowest BCUT2D eigenvalue weighted by Crippen LogP contribution is -2.39. The van der Waals surface area contributed by atoms with Gasteiger partial charge < -0.3 is 10.2 Å². The third-order valence-electron chi connectivity index (χ3n) is 4.08. The van der Waals surface area contributed by atoms with Gasteiger partial charge >= 0.3 is 0 Å². The van der Waals surface area contributed by atoms with Gasteiger partial charge in [0.15, 0.2) is 0 Å². The first kappa shape index (κ1) is 18.9. The van der Waals surface area contributed by atoms with Gasteiger partial charge in [-0.25, -0.2) is 0 Å². The maximum absolute atomic E-state index is 3.51. The zero-order valence-electron chi connectivity index (χ0n) is 14.6. The van der Waals surface area contributed by atoms with Crippen molar-refractivity contribution in [2.75, 3.05) is 26.7 Å². The van der Waals surface area contributed by atoms with Gasteiger partial charge in [-0.05, 0) is 57.8 Å². The molecule has 0 aromatic heterocycles. The van der Waals surface area contributed by atoms with Crippen LogP contribution < -0.4 is 5.32 Å². The molecule has 2 nitrogen and oxygen atoms in total. The van der Waals surface area contributed by atoms with Gasteiger partial charge in [0.2, 0.25) is 0 Å². The van der Waals surface area contributed by atoms with E-state index in [9.17, 15) is 0 Å². The number of nitrogens with one attached hydrogen (secondary N) is 1. The SMILES string of the molecule is CC(C)CNCCCCCCN(C)C(C)C(C)(C)C. The summed E-state index contributed by atoms with van der Waals surface area (Å²) in [7, 11) is 2.26. The van der Waals surface area contributed by atoms with Crippen LogP contribution in [0.3, 0.4) is 0 Å². The van der Waals surface area contributed by atoms with Gasteiger partial charge in [-0.1, -0.05) is 47.5 Å². The molecule has 0 aliphatic rings. The Kier molecular flexibility index (Phi) is 9.72. The van der Waals surface area contributed by atoms with Gasteiger partial charge in [-0.3, -0.25) is 0 Å². The third-order valence-corrected chi connectivity index (χ3v) is 4.08. The Hall–Kier alpha value is -0.0800. The van der Waals surface area contributed by atoms with E-state index < -0.39 is 0 Å². The van der Waals surface area contributed by atoms with Crippen LogP contribution in [0.1, 0.15) is 67.2 Å².